The Morgan fingerprint density at radius 3 is 2.67 bits per heavy atom. The van der Waals surface area contributed by atoms with Crippen LogP contribution in [-0.4, -0.2) is 12.5 Å². The average molecular weight is 203 g/mol. The molecule has 0 aliphatic carbocycles. The third-order valence-corrected chi connectivity index (χ3v) is 2.38. The van der Waals surface area contributed by atoms with Crippen LogP contribution < -0.4 is 5.32 Å². The van der Waals surface area contributed by atoms with Crippen LogP contribution in [0.25, 0.3) is 0 Å². The normalized spacial score (nSPS) is 9.67. The predicted molar refractivity (Wildman–Crippen MR) is 62.7 cm³/mol. The smallest absolute Gasteiger partial charge is 0.243 e. The molecule has 0 saturated heterocycles. The van der Waals surface area contributed by atoms with Crippen LogP contribution >= 0.6 is 0 Å². The Hall–Kier alpha value is -1.57. The molecular weight excluding hydrogens is 186 g/mol. The standard InChI is InChI=1S/C13H17NO/c1-3-11-7-5-6-8-12(11)9-10-14-13(15)4-2/h4-8H,2-3,9-10H2,1H3,(H,14,15). The van der Waals surface area contributed by atoms with E-state index in [4.69, 9.17) is 0 Å². The predicted octanol–water partition coefficient (Wildman–Crippen LogP) is 2.09. The number of hydrogen-bond acceptors (Lipinski definition) is 1. The van der Waals surface area contributed by atoms with Crippen molar-refractivity contribution in [3.8, 4) is 0 Å². The van der Waals surface area contributed by atoms with Gasteiger partial charge < -0.3 is 5.32 Å². The Morgan fingerprint density at radius 1 is 1.40 bits per heavy atom. The van der Waals surface area contributed by atoms with Crippen molar-refractivity contribution >= 4 is 5.91 Å². The lowest BCUT2D eigenvalue weighted by Crippen LogP contribution is -2.23. The fourth-order valence-corrected chi connectivity index (χ4v) is 1.54. The van der Waals surface area contributed by atoms with Crippen molar-refractivity contribution in [1.82, 2.24) is 5.32 Å². The summed E-state index contributed by atoms with van der Waals surface area (Å²) in [5.74, 6) is -0.107. The zero-order valence-corrected chi connectivity index (χ0v) is 9.12. The maximum Gasteiger partial charge on any atom is 0.243 e. The van der Waals surface area contributed by atoms with E-state index in [0.29, 0.717) is 6.54 Å². The lowest BCUT2D eigenvalue weighted by Gasteiger charge is -2.07. The number of amides is 1. The van der Waals surface area contributed by atoms with Gasteiger partial charge in [0.15, 0.2) is 0 Å². The molecule has 0 aliphatic heterocycles. The molecule has 0 bridgehead atoms. The minimum atomic E-state index is -0.107. The molecule has 1 aromatic carbocycles. The van der Waals surface area contributed by atoms with Gasteiger partial charge in [-0.3, -0.25) is 4.79 Å². The molecule has 0 unspecified atom stereocenters. The molecule has 0 radical (unpaired) electrons. The van der Waals surface area contributed by atoms with E-state index in [-0.39, 0.29) is 5.91 Å². The molecule has 0 spiro atoms. The molecule has 0 heterocycles. The number of benzene rings is 1. The van der Waals surface area contributed by atoms with Crippen LogP contribution in [0, 0.1) is 0 Å². The van der Waals surface area contributed by atoms with Crippen LogP contribution in [0.2, 0.25) is 0 Å². The molecular formula is C13H17NO. The van der Waals surface area contributed by atoms with E-state index >= 15 is 0 Å². The maximum absolute atomic E-state index is 10.9. The third-order valence-electron chi connectivity index (χ3n) is 2.38. The van der Waals surface area contributed by atoms with Gasteiger partial charge >= 0.3 is 0 Å². The first-order valence-electron chi connectivity index (χ1n) is 5.25. The Balaban J connectivity index is 2.49. The van der Waals surface area contributed by atoms with Crippen LogP contribution in [0.5, 0.6) is 0 Å². The van der Waals surface area contributed by atoms with Crippen LogP contribution in [0.4, 0.5) is 0 Å². The van der Waals surface area contributed by atoms with Gasteiger partial charge in [0.05, 0.1) is 0 Å². The summed E-state index contributed by atoms with van der Waals surface area (Å²) in [6.45, 7) is 6.22. The summed E-state index contributed by atoms with van der Waals surface area (Å²) in [5.41, 5.74) is 2.66. The summed E-state index contributed by atoms with van der Waals surface area (Å²) in [6.07, 6.45) is 3.21. The average Bonchev–Trinajstić information content (AvgIpc) is 2.29. The molecule has 0 aliphatic rings. The zero-order valence-electron chi connectivity index (χ0n) is 9.12. The van der Waals surface area contributed by atoms with Gasteiger partial charge in [-0.1, -0.05) is 37.8 Å². The van der Waals surface area contributed by atoms with Crippen molar-refractivity contribution in [1.29, 1.82) is 0 Å². The van der Waals surface area contributed by atoms with E-state index in [1.165, 1.54) is 17.2 Å². The first-order chi connectivity index (χ1) is 7.27. The fraction of sp³-hybridized carbons (Fsp3) is 0.308. The summed E-state index contributed by atoms with van der Waals surface area (Å²) in [7, 11) is 0. The molecule has 0 aromatic heterocycles. The van der Waals surface area contributed by atoms with Gasteiger partial charge in [-0.15, -0.1) is 0 Å². The Kier molecular flexibility index (Phi) is 4.61. The van der Waals surface area contributed by atoms with Crippen LogP contribution in [0.1, 0.15) is 18.1 Å². The quantitative estimate of drug-likeness (QED) is 0.729. The van der Waals surface area contributed by atoms with Gasteiger partial charge in [0.1, 0.15) is 0 Å². The first kappa shape index (κ1) is 11.5. The van der Waals surface area contributed by atoms with E-state index in [1.54, 1.807) is 0 Å². The second-order valence-electron chi connectivity index (χ2n) is 3.37. The van der Waals surface area contributed by atoms with E-state index in [2.05, 4.69) is 31.0 Å². The lowest BCUT2D eigenvalue weighted by molar-refractivity contribution is -0.116. The minimum Gasteiger partial charge on any atom is -0.352 e. The fourth-order valence-electron chi connectivity index (χ4n) is 1.54. The second kappa shape index (κ2) is 6.02. The Morgan fingerprint density at radius 2 is 2.07 bits per heavy atom. The molecule has 1 amide bonds. The largest absolute Gasteiger partial charge is 0.352 e. The van der Waals surface area contributed by atoms with Crippen LogP contribution in [0.15, 0.2) is 36.9 Å². The van der Waals surface area contributed by atoms with E-state index < -0.39 is 0 Å². The topological polar surface area (TPSA) is 29.1 Å². The van der Waals surface area contributed by atoms with Gasteiger partial charge in [0.2, 0.25) is 5.91 Å². The number of rotatable bonds is 5. The van der Waals surface area contributed by atoms with Gasteiger partial charge in [0.25, 0.3) is 0 Å². The van der Waals surface area contributed by atoms with Gasteiger partial charge in [-0.25, -0.2) is 0 Å². The van der Waals surface area contributed by atoms with Crippen molar-refractivity contribution in [2.45, 2.75) is 19.8 Å². The molecule has 2 heteroatoms. The summed E-state index contributed by atoms with van der Waals surface area (Å²) < 4.78 is 0. The molecule has 1 rings (SSSR count). The number of carbonyl (C=O) groups excluding carboxylic acids is 1. The summed E-state index contributed by atoms with van der Waals surface area (Å²) in [4.78, 5) is 10.9. The number of carbonyl (C=O) groups is 1. The van der Waals surface area contributed by atoms with Crippen molar-refractivity contribution in [2.75, 3.05) is 6.54 Å². The highest BCUT2D eigenvalue weighted by Crippen LogP contribution is 2.09. The molecule has 0 saturated carbocycles. The van der Waals surface area contributed by atoms with Crippen LogP contribution in [0.3, 0.4) is 0 Å². The van der Waals surface area contributed by atoms with Gasteiger partial charge in [-0.05, 0) is 30.0 Å². The van der Waals surface area contributed by atoms with Crippen molar-refractivity contribution in [3.05, 3.63) is 48.0 Å². The second-order valence-corrected chi connectivity index (χ2v) is 3.37. The monoisotopic (exact) mass is 203 g/mol. The van der Waals surface area contributed by atoms with Crippen molar-refractivity contribution in [2.24, 2.45) is 0 Å². The first-order valence-corrected chi connectivity index (χ1v) is 5.25. The van der Waals surface area contributed by atoms with Crippen LogP contribution in [-0.2, 0) is 17.6 Å². The highest BCUT2D eigenvalue weighted by Gasteiger charge is 1.99. The molecule has 1 aromatic rings. The molecule has 1 N–H and O–H groups in total. The minimum absolute atomic E-state index is 0.107. The zero-order chi connectivity index (χ0) is 11.1. The Bertz CT molecular complexity index is 344. The lowest BCUT2D eigenvalue weighted by atomic mass is 10.0. The summed E-state index contributed by atoms with van der Waals surface area (Å²) in [6, 6.07) is 8.32. The highest BCUT2D eigenvalue weighted by molar-refractivity contribution is 5.86. The highest BCUT2D eigenvalue weighted by atomic mass is 16.1. The Labute approximate surface area is 91.0 Å². The van der Waals surface area contributed by atoms with Gasteiger partial charge in [-0.2, -0.15) is 0 Å². The summed E-state index contributed by atoms with van der Waals surface area (Å²) >= 11 is 0. The molecule has 0 fully saturated rings. The SMILES string of the molecule is C=CC(=O)NCCc1ccccc1CC. The van der Waals surface area contributed by atoms with E-state index in [1.807, 2.05) is 12.1 Å². The number of nitrogens with one attached hydrogen (secondary N) is 1. The van der Waals surface area contributed by atoms with Gasteiger partial charge in [0, 0.05) is 6.54 Å². The molecule has 2 nitrogen and oxygen atoms in total. The maximum atomic E-state index is 10.9. The molecule has 80 valence electrons. The van der Waals surface area contributed by atoms with Crippen molar-refractivity contribution in [3.63, 3.8) is 0 Å². The van der Waals surface area contributed by atoms with Crippen molar-refractivity contribution < 1.29 is 4.79 Å². The third kappa shape index (κ3) is 3.58. The van der Waals surface area contributed by atoms with E-state index in [0.717, 1.165) is 12.8 Å². The molecule has 0 atom stereocenters. The summed E-state index contributed by atoms with van der Waals surface area (Å²) in [5, 5.41) is 2.78. The van der Waals surface area contributed by atoms with E-state index in [9.17, 15) is 4.79 Å². The number of hydrogen-bond donors (Lipinski definition) is 1. The molecule has 15 heavy (non-hydrogen) atoms. The number of aryl methyl sites for hydroxylation is 1.